The third kappa shape index (κ3) is 5.77. The van der Waals surface area contributed by atoms with E-state index in [1.165, 1.54) is 76.2 Å². The summed E-state index contributed by atoms with van der Waals surface area (Å²) in [5.74, 6) is 5.81. The highest BCUT2D eigenvalue weighted by Crippen LogP contribution is 2.47. The van der Waals surface area contributed by atoms with Crippen molar-refractivity contribution in [2.75, 3.05) is 6.61 Å². The van der Waals surface area contributed by atoms with Gasteiger partial charge in [-0.3, -0.25) is 0 Å². The minimum absolute atomic E-state index is 0.713. The molecule has 28 heavy (non-hydrogen) atoms. The molecular weight excluding hydrogens is 340 g/mol. The second-order valence-electron chi connectivity index (χ2n) is 9.81. The van der Waals surface area contributed by atoms with Crippen molar-refractivity contribution in [1.29, 1.82) is 0 Å². The molecule has 158 valence electrons. The second kappa shape index (κ2) is 11.3. The molecular formula is C27H44O. The van der Waals surface area contributed by atoms with Crippen molar-refractivity contribution in [2.45, 2.75) is 104 Å². The van der Waals surface area contributed by atoms with E-state index in [1.807, 2.05) is 0 Å². The normalized spacial score (nSPS) is 30.9. The fourth-order valence-corrected chi connectivity index (χ4v) is 6.12. The van der Waals surface area contributed by atoms with Gasteiger partial charge in [-0.25, -0.2) is 0 Å². The highest BCUT2D eigenvalue weighted by atomic mass is 16.5. The predicted molar refractivity (Wildman–Crippen MR) is 121 cm³/mol. The van der Waals surface area contributed by atoms with Crippen molar-refractivity contribution >= 4 is 0 Å². The first-order valence-electron chi connectivity index (χ1n) is 12.4. The average molecular weight is 385 g/mol. The van der Waals surface area contributed by atoms with Gasteiger partial charge in [0.15, 0.2) is 0 Å². The molecule has 1 nitrogen and oxygen atoms in total. The van der Waals surface area contributed by atoms with Gasteiger partial charge in [-0.05, 0) is 86.2 Å². The molecule has 3 unspecified atom stereocenters. The molecule has 0 saturated heterocycles. The predicted octanol–water partition coefficient (Wildman–Crippen LogP) is 8.38. The van der Waals surface area contributed by atoms with Crippen LogP contribution in [0.5, 0.6) is 5.75 Å². The van der Waals surface area contributed by atoms with Crippen molar-refractivity contribution in [3.63, 3.8) is 0 Å². The molecule has 1 heteroatoms. The van der Waals surface area contributed by atoms with Crippen LogP contribution in [0.3, 0.4) is 0 Å². The van der Waals surface area contributed by atoms with E-state index in [2.05, 4.69) is 45.0 Å². The van der Waals surface area contributed by atoms with Gasteiger partial charge in [-0.15, -0.1) is 0 Å². The molecule has 1 aromatic carbocycles. The van der Waals surface area contributed by atoms with Crippen LogP contribution in [0.15, 0.2) is 24.3 Å². The second-order valence-corrected chi connectivity index (χ2v) is 9.81. The van der Waals surface area contributed by atoms with Crippen LogP contribution in [-0.4, -0.2) is 6.61 Å². The quantitative estimate of drug-likeness (QED) is 0.388. The van der Waals surface area contributed by atoms with E-state index in [4.69, 9.17) is 4.74 Å². The molecule has 0 amide bonds. The van der Waals surface area contributed by atoms with E-state index >= 15 is 0 Å². The van der Waals surface area contributed by atoms with Crippen molar-refractivity contribution < 1.29 is 4.74 Å². The highest BCUT2D eigenvalue weighted by molar-refractivity contribution is 5.36. The lowest BCUT2D eigenvalue weighted by Gasteiger charge is -2.42. The summed E-state index contributed by atoms with van der Waals surface area (Å²) in [4.78, 5) is 0. The lowest BCUT2D eigenvalue weighted by Crippen LogP contribution is -2.31. The molecule has 0 radical (unpaired) electrons. The summed E-state index contributed by atoms with van der Waals surface area (Å²) < 4.78 is 6.13. The van der Waals surface area contributed by atoms with Crippen LogP contribution < -0.4 is 4.74 Å². The number of hydrogen-bond acceptors (Lipinski definition) is 1. The van der Waals surface area contributed by atoms with Crippen molar-refractivity contribution in [3.8, 4) is 5.75 Å². The van der Waals surface area contributed by atoms with Gasteiger partial charge in [-0.1, -0.05) is 71.1 Å². The Bertz CT molecular complexity index is 557. The number of benzene rings is 1. The molecule has 2 aliphatic carbocycles. The first-order chi connectivity index (χ1) is 13.7. The van der Waals surface area contributed by atoms with Gasteiger partial charge in [0.2, 0.25) is 0 Å². The molecule has 0 aromatic heterocycles. The molecule has 3 atom stereocenters. The van der Waals surface area contributed by atoms with Crippen LogP contribution in [-0.2, 0) is 0 Å². The monoisotopic (exact) mass is 384 g/mol. The molecule has 2 aliphatic rings. The van der Waals surface area contributed by atoms with Crippen LogP contribution in [0.2, 0.25) is 0 Å². The Balaban J connectivity index is 1.51. The third-order valence-electron chi connectivity index (χ3n) is 7.80. The lowest BCUT2D eigenvalue weighted by molar-refractivity contribution is 0.101. The Morgan fingerprint density at radius 1 is 0.893 bits per heavy atom. The Morgan fingerprint density at radius 2 is 1.64 bits per heavy atom. The molecule has 0 heterocycles. The fourth-order valence-electron chi connectivity index (χ4n) is 6.12. The fraction of sp³-hybridized carbons (Fsp3) is 0.778. The number of unbranched alkanes of at least 4 members (excludes halogenated alkanes) is 2. The van der Waals surface area contributed by atoms with Gasteiger partial charge in [0, 0.05) is 0 Å². The summed E-state index contributed by atoms with van der Waals surface area (Å²) >= 11 is 0. The summed E-state index contributed by atoms with van der Waals surface area (Å²) in [5.41, 5.74) is 1.48. The molecule has 0 bridgehead atoms. The molecule has 3 rings (SSSR count). The zero-order valence-electron chi connectivity index (χ0n) is 18.8. The zero-order valence-corrected chi connectivity index (χ0v) is 18.8. The van der Waals surface area contributed by atoms with Gasteiger partial charge in [0.1, 0.15) is 5.75 Å². The topological polar surface area (TPSA) is 9.23 Å². The molecule has 0 N–H and O–H groups in total. The van der Waals surface area contributed by atoms with Crippen molar-refractivity contribution in [2.24, 2.45) is 23.7 Å². The zero-order chi connectivity index (χ0) is 19.8. The van der Waals surface area contributed by atoms with Crippen molar-refractivity contribution in [1.82, 2.24) is 0 Å². The van der Waals surface area contributed by atoms with E-state index in [-0.39, 0.29) is 0 Å². The number of rotatable bonds is 9. The summed E-state index contributed by atoms with van der Waals surface area (Å²) in [7, 11) is 0. The number of para-hydroxylation sites is 1. The van der Waals surface area contributed by atoms with E-state index in [0.29, 0.717) is 5.92 Å². The first-order valence-corrected chi connectivity index (χ1v) is 12.4. The molecule has 1 aromatic rings. The standard InChI is InChI=1S/C27H44O/c1-4-6-10-22-13-18-25(21(3)20-22)23-14-16-24(17-15-23)26-11-8-9-12-27(26)28-19-7-5-2/h8-9,11-12,21-25H,4-7,10,13-20H2,1-3H3. The summed E-state index contributed by atoms with van der Waals surface area (Å²) in [6.07, 6.45) is 16.7. The van der Waals surface area contributed by atoms with Gasteiger partial charge < -0.3 is 4.74 Å². The third-order valence-corrected chi connectivity index (χ3v) is 7.80. The molecule has 2 fully saturated rings. The summed E-state index contributed by atoms with van der Waals surface area (Å²) in [6, 6.07) is 8.85. The number of hydrogen-bond donors (Lipinski definition) is 0. The van der Waals surface area contributed by atoms with E-state index < -0.39 is 0 Å². The maximum absolute atomic E-state index is 6.13. The maximum atomic E-state index is 6.13. The summed E-state index contributed by atoms with van der Waals surface area (Å²) in [6.45, 7) is 7.99. The first kappa shape index (κ1) is 21.7. The van der Waals surface area contributed by atoms with Gasteiger partial charge in [-0.2, -0.15) is 0 Å². The van der Waals surface area contributed by atoms with Gasteiger partial charge in [0.05, 0.1) is 6.61 Å². The Kier molecular flexibility index (Phi) is 8.74. The van der Waals surface area contributed by atoms with Crippen molar-refractivity contribution in [3.05, 3.63) is 29.8 Å². The van der Waals surface area contributed by atoms with Crippen LogP contribution in [0.25, 0.3) is 0 Å². The number of ether oxygens (including phenoxy) is 1. The Hall–Kier alpha value is -0.980. The Morgan fingerprint density at radius 3 is 2.36 bits per heavy atom. The highest BCUT2D eigenvalue weighted by Gasteiger charge is 2.35. The Labute approximate surface area is 174 Å². The lowest BCUT2D eigenvalue weighted by atomic mass is 9.64. The average Bonchev–Trinajstić information content (AvgIpc) is 2.73. The van der Waals surface area contributed by atoms with Gasteiger partial charge >= 0.3 is 0 Å². The minimum Gasteiger partial charge on any atom is -0.493 e. The van der Waals surface area contributed by atoms with Gasteiger partial charge in [0.25, 0.3) is 0 Å². The van der Waals surface area contributed by atoms with E-state index in [0.717, 1.165) is 42.4 Å². The van der Waals surface area contributed by atoms with E-state index in [1.54, 1.807) is 0 Å². The van der Waals surface area contributed by atoms with Crippen LogP contribution >= 0.6 is 0 Å². The summed E-state index contributed by atoms with van der Waals surface area (Å²) in [5, 5.41) is 0. The molecule has 0 aliphatic heterocycles. The van der Waals surface area contributed by atoms with Crippen LogP contribution in [0.1, 0.15) is 109 Å². The van der Waals surface area contributed by atoms with Crippen LogP contribution in [0.4, 0.5) is 0 Å². The SMILES string of the molecule is CCCCOc1ccccc1C1CCC(C2CCC(CCCC)CC2C)CC1. The molecule has 2 saturated carbocycles. The van der Waals surface area contributed by atoms with Crippen LogP contribution in [0, 0.1) is 23.7 Å². The largest absolute Gasteiger partial charge is 0.493 e. The maximum Gasteiger partial charge on any atom is 0.122 e. The molecule has 0 spiro atoms. The van der Waals surface area contributed by atoms with E-state index in [9.17, 15) is 0 Å². The minimum atomic E-state index is 0.713. The smallest absolute Gasteiger partial charge is 0.122 e.